The summed E-state index contributed by atoms with van der Waals surface area (Å²) in [5.74, 6) is -1.96. The number of carbonyl (C=O) groups excluding carboxylic acids is 3. The Morgan fingerprint density at radius 2 is 1.50 bits per heavy atom. The first-order valence-electron chi connectivity index (χ1n) is 15.2. The Bertz CT molecular complexity index is 1410. The molecule has 2 N–H and O–H groups in total. The second kappa shape index (κ2) is 16.4. The smallest absolute Gasteiger partial charge is 0.309 e. The Kier molecular flexibility index (Phi) is 12.1. The van der Waals surface area contributed by atoms with Crippen LogP contribution in [0.4, 0.5) is 0 Å². The molecule has 0 aliphatic carbocycles. The van der Waals surface area contributed by atoms with Gasteiger partial charge in [0.25, 0.3) is 0 Å². The van der Waals surface area contributed by atoms with Crippen molar-refractivity contribution >= 4 is 17.8 Å². The molecule has 7 nitrogen and oxygen atoms in total. The zero-order valence-electron chi connectivity index (χ0n) is 25.1. The number of amides is 2. The maximum Gasteiger partial charge on any atom is 0.309 e. The minimum atomic E-state index is -0.676. The zero-order valence-corrected chi connectivity index (χ0v) is 25.1. The molecule has 0 spiro atoms. The number of hydrogen-bond donors (Lipinski definition) is 2. The van der Waals surface area contributed by atoms with Crippen molar-refractivity contribution in [3.05, 3.63) is 132 Å². The predicted molar refractivity (Wildman–Crippen MR) is 171 cm³/mol. The molecule has 7 heteroatoms. The molecule has 2 amide bonds. The van der Waals surface area contributed by atoms with E-state index in [4.69, 9.17) is 4.74 Å². The first-order valence-corrected chi connectivity index (χ1v) is 15.2. The third-order valence-corrected chi connectivity index (χ3v) is 8.15. The van der Waals surface area contributed by atoms with Crippen molar-refractivity contribution in [2.24, 2.45) is 11.8 Å². The monoisotopic (exact) mass is 594 g/mol. The van der Waals surface area contributed by atoms with Crippen molar-refractivity contribution in [1.29, 1.82) is 0 Å². The topological polar surface area (TPSA) is 95.9 Å². The maximum atomic E-state index is 13.7. The van der Waals surface area contributed by atoms with E-state index >= 15 is 0 Å². The fraction of sp³-hybridized carbons (Fsp3) is 0.324. The van der Waals surface area contributed by atoms with E-state index in [0.29, 0.717) is 32.2 Å². The summed E-state index contributed by atoms with van der Waals surface area (Å²) in [5.41, 5.74) is 3.98. The molecule has 44 heavy (non-hydrogen) atoms. The third-order valence-electron chi connectivity index (χ3n) is 8.15. The van der Waals surface area contributed by atoms with Crippen molar-refractivity contribution in [2.75, 3.05) is 13.2 Å². The van der Waals surface area contributed by atoms with Crippen LogP contribution in [0.2, 0.25) is 0 Å². The largest absolute Gasteiger partial charge is 0.463 e. The van der Waals surface area contributed by atoms with Crippen LogP contribution in [0.15, 0.2) is 110 Å². The van der Waals surface area contributed by atoms with E-state index < -0.39 is 17.9 Å². The van der Waals surface area contributed by atoms with Gasteiger partial charge < -0.3 is 20.1 Å². The molecule has 3 aromatic carbocycles. The van der Waals surface area contributed by atoms with Gasteiger partial charge in [0.15, 0.2) is 0 Å². The quantitative estimate of drug-likeness (QED) is 0.183. The Morgan fingerprint density at radius 3 is 2.16 bits per heavy atom. The van der Waals surface area contributed by atoms with Gasteiger partial charge in [0, 0.05) is 13.0 Å². The number of fused-ring (bicyclic) bond motifs is 1. The van der Waals surface area contributed by atoms with Crippen molar-refractivity contribution in [1.82, 2.24) is 10.2 Å². The van der Waals surface area contributed by atoms with Gasteiger partial charge in [-0.2, -0.15) is 0 Å². The van der Waals surface area contributed by atoms with E-state index in [9.17, 15) is 19.5 Å². The first kappa shape index (κ1) is 32.4. The van der Waals surface area contributed by atoms with Crippen LogP contribution in [0.5, 0.6) is 0 Å². The van der Waals surface area contributed by atoms with E-state index in [1.807, 2.05) is 84.9 Å². The lowest BCUT2D eigenvalue weighted by molar-refractivity contribution is -0.150. The summed E-state index contributed by atoms with van der Waals surface area (Å²) >= 11 is 0. The van der Waals surface area contributed by atoms with Crippen molar-refractivity contribution in [3.63, 3.8) is 0 Å². The third kappa shape index (κ3) is 8.77. The maximum absolute atomic E-state index is 13.7. The molecule has 0 saturated heterocycles. The van der Waals surface area contributed by atoms with E-state index in [-0.39, 0.29) is 43.5 Å². The van der Waals surface area contributed by atoms with Gasteiger partial charge in [0.2, 0.25) is 11.8 Å². The van der Waals surface area contributed by atoms with Gasteiger partial charge in [0.05, 0.1) is 30.5 Å². The number of nitrogens with zero attached hydrogens (tertiary/aromatic N) is 1. The number of benzene rings is 3. The van der Waals surface area contributed by atoms with Gasteiger partial charge >= 0.3 is 5.97 Å². The van der Waals surface area contributed by atoms with Crippen LogP contribution in [0.3, 0.4) is 0 Å². The Balaban J connectivity index is 1.45. The van der Waals surface area contributed by atoms with Gasteiger partial charge in [-0.05, 0) is 47.9 Å². The number of hydrogen-bond acceptors (Lipinski definition) is 5. The van der Waals surface area contributed by atoms with Gasteiger partial charge in [-0.3, -0.25) is 14.4 Å². The molecule has 0 unspecified atom stereocenters. The number of aliphatic hydroxyl groups excluding tert-OH is 1. The van der Waals surface area contributed by atoms with Crippen LogP contribution in [0, 0.1) is 11.8 Å². The second-order valence-corrected chi connectivity index (χ2v) is 11.3. The lowest BCUT2D eigenvalue weighted by Gasteiger charge is -2.36. The van der Waals surface area contributed by atoms with Crippen LogP contribution >= 0.6 is 0 Å². The van der Waals surface area contributed by atoms with Crippen molar-refractivity contribution < 1.29 is 24.2 Å². The number of aliphatic hydroxyl groups is 1. The molecule has 1 aliphatic heterocycles. The van der Waals surface area contributed by atoms with Crippen molar-refractivity contribution in [2.45, 2.75) is 50.7 Å². The first-order chi connectivity index (χ1) is 21.4. The minimum Gasteiger partial charge on any atom is -0.463 e. The average Bonchev–Trinajstić information content (AvgIpc) is 3.06. The molecule has 0 fully saturated rings. The van der Waals surface area contributed by atoms with E-state index in [1.165, 1.54) is 0 Å². The highest BCUT2D eigenvalue weighted by Crippen LogP contribution is 2.26. The molecule has 0 radical (unpaired) electrons. The Morgan fingerprint density at radius 1 is 0.886 bits per heavy atom. The van der Waals surface area contributed by atoms with Gasteiger partial charge in [-0.15, -0.1) is 13.2 Å². The van der Waals surface area contributed by atoms with Gasteiger partial charge in [-0.25, -0.2) is 0 Å². The van der Waals surface area contributed by atoms with Crippen LogP contribution in [-0.2, 0) is 38.5 Å². The van der Waals surface area contributed by atoms with Gasteiger partial charge in [0.1, 0.15) is 6.61 Å². The summed E-state index contributed by atoms with van der Waals surface area (Å²) in [4.78, 5) is 42.1. The fourth-order valence-electron chi connectivity index (χ4n) is 5.70. The predicted octanol–water partition coefficient (Wildman–Crippen LogP) is 5.35. The zero-order chi connectivity index (χ0) is 31.3. The molecule has 1 heterocycles. The molecule has 0 aromatic heterocycles. The Hall–Kier alpha value is -4.49. The SMILES string of the molecule is C=CC[C@H](CC(=O)N1Cc2ccccc2C[C@H]1CO)C(=O)N[C@H](COC(=O)[C@@H](CC=C)Cc1ccccc1)c1ccccc1. The Labute approximate surface area is 260 Å². The van der Waals surface area contributed by atoms with E-state index in [1.54, 1.807) is 17.1 Å². The number of esters is 1. The lowest BCUT2D eigenvalue weighted by Crippen LogP contribution is -2.47. The summed E-state index contributed by atoms with van der Waals surface area (Å²) in [6.07, 6.45) is 5.16. The molecule has 0 bridgehead atoms. The summed E-state index contributed by atoms with van der Waals surface area (Å²) in [5, 5.41) is 13.1. The summed E-state index contributed by atoms with van der Waals surface area (Å²) in [7, 11) is 0. The van der Waals surface area contributed by atoms with Crippen LogP contribution in [0.1, 0.15) is 47.6 Å². The molecule has 0 saturated carbocycles. The van der Waals surface area contributed by atoms with E-state index in [2.05, 4.69) is 18.5 Å². The highest BCUT2D eigenvalue weighted by Gasteiger charge is 2.32. The molecule has 3 aromatic rings. The normalized spacial score (nSPS) is 16.1. The molecule has 4 atom stereocenters. The summed E-state index contributed by atoms with van der Waals surface area (Å²) < 4.78 is 5.80. The summed E-state index contributed by atoms with van der Waals surface area (Å²) in [6.45, 7) is 7.79. The standard InChI is InChI=1S/C37H42N2O5/c1-3-13-30(23-35(41)39-24-32-20-12-11-19-29(32)22-33(39)25-40)36(42)38-34(28-17-9-6-10-18-28)26-44-37(43)31(14-4-2)21-27-15-7-5-8-16-27/h3-12,15-20,30-31,33-34,40H,1-2,13-14,21-26H2,(H,38,42)/t30-,31+,33+,34-/m1/s1. The number of nitrogens with one attached hydrogen (secondary N) is 1. The van der Waals surface area contributed by atoms with Crippen LogP contribution < -0.4 is 5.32 Å². The summed E-state index contributed by atoms with van der Waals surface area (Å²) in [6, 6.07) is 26.0. The average molecular weight is 595 g/mol. The molecule has 1 aliphatic rings. The number of rotatable bonds is 15. The highest BCUT2D eigenvalue weighted by molar-refractivity contribution is 5.86. The number of allylic oxidation sites excluding steroid dienone is 2. The van der Waals surface area contributed by atoms with Crippen LogP contribution in [-0.4, -0.2) is 47.0 Å². The molecular weight excluding hydrogens is 552 g/mol. The number of carbonyl (C=O) groups is 3. The van der Waals surface area contributed by atoms with Gasteiger partial charge in [-0.1, -0.05) is 97.1 Å². The molecular formula is C37H42N2O5. The number of ether oxygens (including phenoxy) is 1. The molecule has 230 valence electrons. The second-order valence-electron chi connectivity index (χ2n) is 11.3. The molecule has 4 rings (SSSR count). The highest BCUT2D eigenvalue weighted by atomic mass is 16.5. The van der Waals surface area contributed by atoms with E-state index in [0.717, 1.165) is 22.3 Å². The van der Waals surface area contributed by atoms with Crippen molar-refractivity contribution in [3.8, 4) is 0 Å². The fourth-order valence-corrected chi connectivity index (χ4v) is 5.70. The minimum absolute atomic E-state index is 0.0314. The van der Waals surface area contributed by atoms with Crippen LogP contribution in [0.25, 0.3) is 0 Å². The lowest BCUT2D eigenvalue weighted by atomic mass is 9.92.